The van der Waals surface area contributed by atoms with E-state index in [1.54, 1.807) is 6.07 Å². The third-order valence-electron chi connectivity index (χ3n) is 6.27. The molecular formula is C23H23FN2O4. The molecule has 7 heteroatoms. The van der Waals surface area contributed by atoms with Gasteiger partial charge in [0.05, 0.1) is 24.7 Å². The number of alkyl halides is 1. The van der Waals surface area contributed by atoms with Crippen LogP contribution in [0.5, 0.6) is 5.75 Å². The molecule has 30 heavy (non-hydrogen) atoms. The Balaban J connectivity index is 1.55. The first-order valence-corrected chi connectivity index (χ1v) is 9.93. The van der Waals surface area contributed by atoms with E-state index in [1.165, 1.54) is 6.07 Å². The summed E-state index contributed by atoms with van der Waals surface area (Å²) in [5, 5.41) is 4.92. The highest BCUT2D eigenvalue weighted by Gasteiger charge is 2.54. The Morgan fingerprint density at radius 1 is 1.17 bits per heavy atom. The van der Waals surface area contributed by atoms with Crippen LogP contribution in [0, 0.1) is 11.8 Å². The number of hydrogen-bond acceptors (Lipinski definition) is 4. The summed E-state index contributed by atoms with van der Waals surface area (Å²) in [5.74, 6) is -1.16. The molecular weight excluding hydrogens is 387 g/mol. The average molecular weight is 413 g/mol. The molecule has 5 atom stereocenters. The van der Waals surface area contributed by atoms with Gasteiger partial charge in [0.1, 0.15) is 18.5 Å². The van der Waals surface area contributed by atoms with Crippen molar-refractivity contribution in [2.75, 3.05) is 26.9 Å². The summed E-state index contributed by atoms with van der Waals surface area (Å²) >= 11 is 0. The molecule has 0 unspecified atom stereocenters. The first kappa shape index (κ1) is 15.8. The standard InChI is InChI=1S/C23H23FN2O4/c1-25-23(28)15-8-13(22(27)26-20-16-10-29-11-17(16)20)7-14-19(12-5-3-2-4-6-12)18(9-24)30-21(14)15/h2-8,16-20H,9-11H2,1H3,(H,25,28)(H,26,27)/t16-,17+,18-,19+,20+/m1/s1/i1D3. The Bertz CT molecular complexity index is 1090. The third-order valence-corrected chi connectivity index (χ3v) is 6.27. The summed E-state index contributed by atoms with van der Waals surface area (Å²) in [4.78, 5) is 25.9. The summed E-state index contributed by atoms with van der Waals surface area (Å²) < 4.78 is 47.3. The van der Waals surface area contributed by atoms with Crippen LogP contribution in [0.1, 0.15) is 41.9 Å². The molecule has 0 spiro atoms. The van der Waals surface area contributed by atoms with Gasteiger partial charge in [-0.05, 0) is 17.7 Å². The van der Waals surface area contributed by atoms with E-state index in [4.69, 9.17) is 13.6 Å². The smallest absolute Gasteiger partial charge is 0.254 e. The minimum absolute atomic E-state index is 0.0129. The van der Waals surface area contributed by atoms with Gasteiger partial charge in [-0.15, -0.1) is 0 Å². The lowest BCUT2D eigenvalue weighted by Gasteiger charge is -2.16. The van der Waals surface area contributed by atoms with Gasteiger partial charge in [-0.3, -0.25) is 9.59 Å². The summed E-state index contributed by atoms with van der Waals surface area (Å²) in [7, 11) is 0. The molecule has 0 radical (unpaired) electrons. The normalized spacial score (nSPS) is 30.2. The van der Waals surface area contributed by atoms with Gasteiger partial charge in [0.15, 0.2) is 0 Å². The van der Waals surface area contributed by atoms with Gasteiger partial charge >= 0.3 is 0 Å². The maximum atomic E-state index is 14.0. The molecule has 2 aromatic rings. The summed E-state index contributed by atoms with van der Waals surface area (Å²) in [6.07, 6.45) is -0.903. The summed E-state index contributed by atoms with van der Waals surface area (Å²) in [6.45, 7) is -2.34. The maximum Gasteiger partial charge on any atom is 0.254 e. The number of fused-ring (bicyclic) bond motifs is 2. The van der Waals surface area contributed by atoms with Crippen LogP contribution < -0.4 is 15.4 Å². The monoisotopic (exact) mass is 413 g/mol. The largest absolute Gasteiger partial charge is 0.486 e. The van der Waals surface area contributed by atoms with Crippen molar-refractivity contribution in [3.05, 3.63) is 64.7 Å². The minimum Gasteiger partial charge on any atom is -0.486 e. The molecule has 2 aromatic carbocycles. The van der Waals surface area contributed by atoms with Crippen LogP contribution in [0.4, 0.5) is 4.39 Å². The van der Waals surface area contributed by atoms with Crippen molar-refractivity contribution >= 4 is 11.8 Å². The molecule has 3 aliphatic rings. The van der Waals surface area contributed by atoms with Crippen molar-refractivity contribution in [2.45, 2.75) is 18.1 Å². The van der Waals surface area contributed by atoms with Crippen molar-refractivity contribution in [1.82, 2.24) is 10.6 Å². The molecule has 6 nitrogen and oxygen atoms in total. The van der Waals surface area contributed by atoms with Crippen LogP contribution in [0.25, 0.3) is 0 Å². The van der Waals surface area contributed by atoms with E-state index in [0.717, 1.165) is 5.56 Å². The van der Waals surface area contributed by atoms with Gasteiger partial charge in [0.2, 0.25) is 0 Å². The van der Waals surface area contributed by atoms with E-state index < -0.39 is 31.6 Å². The maximum absolute atomic E-state index is 14.0. The number of hydrogen-bond donors (Lipinski definition) is 2. The molecule has 156 valence electrons. The predicted molar refractivity (Wildman–Crippen MR) is 108 cm³/mol. The van der Waals surface area contributed by atoms with E-state index in [9.17, 15) is 14.0 Å². The SMILES string of the molecule is [2H]C([2H])([2H])NC(=O)c1cc(C(=O)N[C@H]2[C@@H]3COC[C@@H]32)cc2c1O[C@H](CF)[C@H]2c1ccccc1. The van der Waals surface area contributed by atoms with Gasteiger partial charge in [-0.25, -0.2) is 4.39 Å². The van der Waals surface area contributed by atoms with Crippen molar-refractivity contribution in [2.24, 2.45) is 11.8 Å². The molecule has 0 bridgehead atoms. The van der Waals surface area contributed by atoms with E-state index in [0.29, 0.717) is 18.8 Å². The third kappa shape index (κ3) is 3.04. The fourth-order valence-corrected chi connectivity index (χ4v) is 4.66. The molecule has 2 heterocycles. The second-order valence-electron chi connectivity index (χ2n) is 7.96. The Hall–Kier alpha value is -2.93. The number of amides is 2. The van der Waals surface area contributed by atoms with Gasteiger partial charge in [0, 0.05) is 40.1 Å². The van der Waals surface area contributed by atoms with Crippen molar-refractivity contribution < 1.29 is 27.6 Å². The van der Waals surface area contributed by atoms with Crippen LogP contribution in [-0.2, 0) is 4.74 Å². The number of rotatable bonds is 5. The van der Waals surface area contributed by atoms with Gasteiger partial charge in [-0.2, -0.15) is 0 Å². The Labute approximate surface area is 178 Å². The molecule has 2 fully saturated rings. The highest BCUT2D eigenvalue weighted by atomic mass is 19.1. The lowest BCUT2D eigenvalue weighted by atomic mass is 9.86. The van der Waals surface area contributed by atoms with Crippen LogP contribution in [0.3, 0.4) is 0 Å². The van der Waals surface area contributed by atoms with E-state index >= 15 is 0 Å². The van der Waals surface area contributed by atoms with Crippen molar-refractivity contribution in [1.29, 1.82) is 0 Å². The van der Waals surface area contributed by atoms with Crippen LogP contribution in [-0.4, -0.2) is 50.8 Å². The topological polar surface area (TPSA) is 76.7 Å². The quantitative estimate of drug-likeness (QED) is 0.789. The zero-order chi connectivity index (χ0) is 23.3. The molecule has 1 aliphatic carbocycles. The second kappa shape index (κ2) is 7.40. The van der Waals surface area contributed by atoms with Crippen LogP contribution >= 0.6 is 0 Å². The lowest BCUT2D eigenvalue weighted by molar-refractivity contribution is 0.0929. The number of halogens is 1. The van der Waals surface area contributed by atoms with E-state index in [-0.39, 0.29) is 40.7 Å². The first-order chi connectivity index (χ1) is 15.8. The minimum atomic E-state index is -2.73. The Morgan fingerprint density at radius 3 is 2.63 bits per heavy atom. The second-order valence-corrected chi connectivity index (χ2v) is 7.96. The number of carbonyl (C=O) groups excluding carboxylic acids is 2. The summed E-state index contributed by atoms with van der Waals surface area (Å²) in [5.41, 5.74) is 1.34. The fourth-order valence-electron chi connectivity index (χ4n) is 4.66. The van der Waals surface area contributed by atoms with Crippen molar-refractivity contribution in [3.8, 4) is 5.75 Å². The molecule has 0 aromatic heterocycles. The predicted octanol–water partition coefficient (Wildman–Crippen LogP) is 2.28. The molecule has 1 saturated carbocycles. The molecule has 2 amide bonds. The van der Waals surface area contributed by atoms with E-state index in [1.807, 2.05) is 35.6 Å². The number of nitrogens with one attached hydrogen (secondary N) is 2. The summed E-state index contributed by atoms with van der Waals surface area (Å²) in [6, 6.07) is 12.0. The molecule has 2 aliphatic heterocycles. The molecule has 1 saturated heterocycles. The van der Waals surface area contributed by atoms with Gasteiger partial charge < -0.3 is 20.1 Å². The van der Waals surface area contributed by atoms with Crippen LogP contribution in [0.2, 0.25) is 0 Å². The lowest BCUT2D eigenvalue weighted by Crippen LogP contribution is -2.30. The number of ether oxygens (including phenoxy) is 2. The fraction of sp³-hybridized carbons (Fsp3) is 0.391. The highest BCUT2D eigenvalue weighted by molar-refractivity contribution is 6.02. The average Bonchev–Trinajstić information content (AvgIpc) is 3.12. The van der Waals surface area contributed by atoms with Crippen molar-refractivity contribution in [3.63, 3.8) is 0 Å². The Morgan fingerprint density at radius 2 is 1.93 bits per heavy atom. The van der Waals surface area contributed by atoms with E-state index in [2.05, 4.69) is 5.32 Å². The zero-order valence-electron chi connectivity index (χ0n) is 19.1. The highest BCUT2D eigenvalue weighted by Crippen LogP contribution is 2.46. The molecule has 2 N–H and O–H groups in total. The Kier molecular flexibility index (Phi) is 3.91. The van der Waals surface area contributed by atoms with Crippen LogP contribution in [0.15, 0.2) is 42.5 Å². The van der Waals surface area contributed by atoms with Gasteiger partial charge in [0.25, 0.3) is 11.8 Å². The van der Waals surface area contributed by atoms with Gasteiger partial charge in [-0.1, -0.05) is 30.3 Å². The first-order valence-electron chi connectivity index (χ1n) is 11.4. The molecule has 5 rings (SSSR count). The zero-order valence-corrected chi connectivity index (χ0v) is 16.1. The number of carbonyl (C=O) groups is 2. The number of benzene rings is 2.